The molecule has 0 amide bonds. The maximum atomic E-state index is 7.33. The fraction of sp³-hybridized carbons (Fsp3) is 0. The van der Waals surface area contributed by atoms with Crippen LogP contribution < -0.4 is 18.9 Å². The van der Waals surface area contributed by atoms with E-state index in [-0.39, 0.29) is 37.4 Å². The van der Waals surface area contributed by atoms with Gasteiger partial charge >= 0.3 is 27.9 Å². The first-order valence-corrected chi connectivity index (χ1v) is 2.68. The van der Waals surface area contributed by atoms with E-state index in [4.69, 9.17) is 19.2 Å². The minimum absolute atomic E-state index is 0. The van der Waals surface area contributed by atoms with E-state index in [0.29, 0.717) is 0 Å². The molecule has 42 valence electrons. The van der Waals surface area contributed by atoms with Gasteiger partial charge in [-0.3, -0.25) is 0 Å². The molecule has 7 heavy (non-hydrogen) atoms. The summed E-state index contributed by atoms with van der Waals surface area (Å²) in [5.74, 6) is 0. The Labute approximate surface area is 65.8 Å². The van der Waals surface area contributed by atoms with Crippen LogP contribution in [-0.2, 0) is 17.1 Å². The molecule has 0 radical (unpaired) electrons. The van der Waals surface area contributed by atoms with Crippen molar-refractivity contribution in [2.45, 2.75) is 0 Å². The third kappa shape index (κ3) is 139. The van der Waals surface area contributed by atoms with Crippen molar-refractivity contribution in [1.29, 1.82) is 0 Å². The SMILES string of the molecule is O[Si](O)(O)O.[Fe].[H-].[Li+]. The second-order valence-electron chi connectivity index (χ2n) is 0.600. The van der Waals surface area contributed by atoms with E-state index in [0.717, 1.165) is 0 Å². The molecular weight excluding hydrogens is 155 g/mol. The molecule has 4 nitrogen and oxygen atoms in total. The second-order valence-corrected chi connectivity index (χ2v) is 1.80. The predicted octanol–water partition coefficient (Wildman–Crippen LogP) is -5.49. The molecule has 0 aliphatic heterocycles. The monoisotopic (exact) mass is 160 g/mol. The summed E-state index contributed by atoms with van der Waals surface area (Å²) in [5.41, 5.74) is 0. The van der Waals surface area contributed by atoms with Gasteiger partial charge in [0.2, 0.25) is 0 Å². The molecule has 0 saturated carbocycles. The Hall–Kier alpha value is 1.17. The van der Waals surface area contributed by atoms with Gasteiger partial charge in [0.15, 0.2) is 0 Å². The van der Waals surface area contributed by atoms with Crippen LogP contribution in [0.5, 0.6) is 0 Å². The largest absolute Gasteiger partial charge is 1.00 e. The molecule has 7 heteroatoms. The fourth-order valence-electron chi connectivity index (χ4n) is 0. The van der Waals surface area contributed by atoms with Crippen molar-refractivity contribution in [2.75, 3.05) is 0 Å². The van der Waals surface area contributed by atoms with Crippen LogP contribution in [0.4, 0.5) is 0 Å². The molecule has 0 aliphatic carbocycles. The maximum absolute atomic E-state index is 7.33. The van der Waals surface area contributed by atoms with Crippen LogP contribution in [0, 0.1) is 0 Å². The Bertz CT molecular complexity index is 31.5. The third-order valence-electron chi connectivity index (χ3n) is 0. The molecule has 0 heterocycles. The zero-order chi connectivity index (χ0) is 4.50. The van der Waals surface area contributed by atoms with E-state index in [1.54, 1.807) is 0 Å². The molecule has 0 saturated heterocycles. The van der Waals surface area contributed by atoms with Gasteiger partial charge in [-0.15, -0.1) is 0 Å². The van der Waals surface area contributed by atoms with Crippen molar-refractivity contribution in [3.8, 4) is 0 Å². The van der Waals surface area contributed by atoms with Gasteiger partial charge < -0.3 is 20.6 Å². The number of hydrogen-bond donors (Lipinski definition) is 4. The summed E-state index contributed by atoms with van der Waals surface area (Å²) < 4.78 is 0. The van der Waals surface area contributed by atoms with E-state index in [1.807, 2.05) is 0 Å². The topological polar surface area (TPSA) is 80.9 Å². The molecule has 0 bridgehead atoms. The van der Waals surface area contributed by atoms with Crippen LogP contribution in [0.2, 0.25) is 0 Å². The van der Waals surface area contributed by atoms with Gasteiger partial charge in [-0.05, 0) is 0 Å². The first-order chi connectivity index (χ1) is 2.00. The summed E-state index contributed by atoms with van der Waals surface area (Å²) in [7, 11) is -4.61. The van der Waals surface area contributed by atoms with Crippen LogP contribution in [0.15, 0.2) is 0 Å². The molecule has 0 aromatic heterocycles. The van der Waals surface area contributed by atoms with Crippen molar-refractivity contribution in [1.82, 2.24) is 0 Å². The summed E-state index contributed by atoms with van der Waals surface area (Å²) in [6.07, 6.45) is 0. The second kappa shape index (κ2) is 5.31. The molecule has 0 spiro atoms. The standard InChI is InChI=1S/Fe.Li.H4O4Si.H/c;;1-5(2,3)4;/h;;1-4H;/q;+1;;-1. The van der Waals surface area contributed by atoms with Gasteiger partial charge in [0.05, 0.1) is 0 Å². The Morgan fingerprint density at radius 2 is 1.00 bits per heavy atom. The van der Waals surface area contributed by atoms with Gasteiger partial charge in [-0.25, -0.2) is 0 Å². The van der Waals surface area contributed by atoms with Gasteiger partial charge in [-0.2, -0.15) is 0 Å². The number of rotatable bonds is 0. The Morgan fingerprint density at radius 3 is 1.00 bits per heavy atom. The zero-order valence-corrected chi connectivity index (χ0v) is 5.75. The van der Waals surface area contributed by atoms with Crippen LogP contribution in [-0.4, -0.2) is 28.2 Å². The first kappa shape index (κ1) is 15.7. The van der Waals surface area contributed by atoms with Crippen LogP contribution >= 0.6 is 0 Å². The third-order valence-corrected chi connectivity index (χ3v) is 0. The van der Waals surface area contributed by atoms with E-state index >= 15 is 0 Å². The fourth-order valence-corrected chi connectivity index (χ4v) is 0. The molecule has 0 atom stereocenters. The summed E-state index contributed by atoms with van der Waals surface area (Å²) >= 11 is 0. The van der Waals surface area contributed by atoms with Gasteiger partial charge in [-0.1, -0.05) is 0 Å². The summed E-state index contributed by atoms with van der Waals surface area (Å²) in [5, 5.41) is 0. The van der Waals surface area contributed by atoms with Gasteiger partial charge in [0, 0.05) is 17.1 Å². The van der Waals surface area contributed by atoms with E-state index in [2.05, 4.69) is 0 Å². The normalized spacial score (nSPS) is 8.57. The molecule has 0 unspecified atom stereocenters. The van der Waals surface area contributed by atoms with Gasteiger partial charge in [0.1, 0.15) is 0 Å². The van der Waals surface area contributed by atoms with Gasteiger partial charge in [0.25, 0.3) is 0 Å². The minimum Gasteiger partial charge on any atom is -1.00 e. The molecular formula is H5FeLiO4Si. The molecule has 0 aliphatic rings. The quantitative estimate of drug-likeness (QED) is 0.266. The molecule has 4 N–H and O–H groups in total. The van der Waals surface area contributed by atoms with E-state index in [9.17, 15) is 0 Å². The van der Waals surface area contributed by atoms with Crippen LogP contribution in [0.1, 0.15) is 1.43 Å². The first-order valence-electron chi connectivity index (χ1n) is 0.894. The van der Waals surface area contributed by atoms with Crippen molar-refractivity contribution >= 4 is 9.05 Å². The van der Waals surface area contributed by atoms with Crippen molar-refractivity contribution < 1.29 is 56.5 Å². The number of hydrogen-bond acceptors (Lipinski definition) is 4. The van der Waals surface area contributed by atoms with Crippen LogP contribution in [0.3, 0.4) is 0 Å². The van der Waals surface area contributed by atoms with Crippen molar-refractivity contribution in [3.63, 3.8) is 0 Å². The van der Waals surface area contributed by atoms with E-state index in [1.165, 1.54) is 0 Å². The van der Waals surface area contributed by atoms with Crippen LogP contribution in [0.25, 0.3) is 0 Å². The smallest absolute Gasteiger partial charge is 1.00 e. The molecule has 0 aromatic rings. The summed E-state index contributed by atoms with van der Waals surface area (Å²) in [6, 6.07) is 0. The zero-order valence-electron chi connectivity index (χ0n) is 4.64. The Morgan fingerprint density at radius 1 is 1.00 bits per heavy atom. The average molecular weight is 160 g/mol. The molecule has 0 rings (SSSR count). The average Bonchev–Trinajstić information content (AvgIpc) is 0.722. The van der Waals surface area contributed by atoms with Crippen molar-refractivity contribution in [3.05, 3.63) is 0 Å². The summed E-state index contributed by atoms with van der Waals surface area (Å²) in [6.45, 7) is 0. The maximum Gasteiger partial charge on any atom is 1.00 e. The van der Waals surface area contributed by atoms with Crippen molar-refractivity contribution in [2.24, 2.45) is 0 Å². The minimum atomic E-state index is -4.61. The Balaban J connectivity index is -0.0000000267. The molecule has 0 fully saturated rings. The molecule has 0 aromatic carbocycles. The predicted molar refractivity (Wildman–Crippen MR) is 15.7 cm³/mol. The Kier molecular flexibility index (Phi) is 11.9. The van der Waals surface area contributed by atoms with E-state index < -0.39 is 9.05 Å². The summed E-state index contributed by atoms with van der Waals surface area (Å²) in [4.78, 5) is 29.3.